The minimum absolute atomic E-state index is 0.0568. The highest BCUT2D eigenvalue weighted by Crippen LogP contribution is 2.19. The normalized spacial score (nSPS) is 13.9. The highest BCUT2D eigenvalue weighted by atomic mass is 16.5. The number of carbonyl (C=O) groups excluding carboxylic acids is 2. The Kier molecular flexibility index (Phi) is 6.12. The van der Waals surface area contributed by atoms with Crippen molar-refractivity contribution < 1.29 is 14.3 Å². The van der Waals surface area contributed by atoms with Gasteiger partial charge in [0.05, 0.1) is 0 Å². The fourth-order valence-electron chi connectivity index (χ4n) is 3.18. The summed E-state index contributed by atoms with van der Waals surface area (Å²) in [4.78, 5) is 26.5. The second-order valence-corrected chi connectivity index (χ2v) is 7.04. The Bertz CT molecular complexity index is 809. The van der Waals surface area contributed by atoms with E-state index < -0.39 is 0 Å². The zero-order chi connectivity index (χ0) is 19.2. The third-order valence-corrected chi connectivity index (χ3v) is 4.76. The average Bonchev–Trinajstić information content (AvgIpc) is 2.69. The van der Waals surface area contributed by atoms with E-state index in [0.29, 0.717) is 17.0 Å². The number of carbonyl (C=O) groups is 2. The van der Waals surface area contributed by atoms with Gasteiger partial charge in [0.2, 0.25) is 0 Å². The van der Waals surface area contributed by atoms with E-state index in [1.165, 1.54) is 6.42 Å². The van der Waals surface area contributed by atoms with Gasteiger partial charge in [-0.05, 0) is 74.6 Å². The van der Waals surface area contributed by atoms with Gasteiger partial charge >= 0.3 is 0 Å². The van der Waals surface area contributed by atoms with Gasteiger partial charge < -0.3 is 15.0 Å². The van der Waals surface area contributed by atoms with Gasteiger partial charge in [-0.3, -0.25) is 9.59 Å². The summed E-state index contributed by atoms with van der Waals surface area (Å²) in [5, 5.41) is 2.80. The van der Waals surface area contributed by atoms with E-state index in [9.17, 15) is 9.59 Å². The number of nitrogens with one attached hydrogen (secondary N) is 1. The lowest BCUT2D eigenvalue weighted by Gasteiger charge is -2.26. The van der Waals surface area contributed by atoms with Gasteiger partial charge in [-0.25, -0.2) is 0 Å². The topological polar surface area (TPSA) is 58.6 Å². The van der Waals surface area contributed by atoms with Crippen molar-refractivity contribution in [3.05, 3.63) is 59.2 Å². The molecule has 3 rings (SSSR count). The lowest BCUT2D eigenvalue weighted by atomic mass is 10.1. The summed E-state index contributed by atoms with van der Waals surface area (Å²) in [6, 6.07) is 12.9. The van der Waals surface area contributed by atoms with Crippen LogP contribution in [0.2, 0.25) is 0 Å². The zero-order valence-electron chi connectivity index (χ0n) is 16.0. The number of rotatable bonds is 5. The maximum atomic E-state index is 12.5. The first-order chi connectivity index (χ1) is 13.0. The molecule has 0 saturated carbocycles. The van der Waals surface area contributed by atoms with Crippen LogP contribution in [0.1, 0.15) is 40.7 Å². The molecule has 0 aliphatic carbocycles. The van der Waals surface area contributed by atoms with Crippen molar-refractivity contribution >= 4 is 17.5 Å². The predicted octanol–water partition coefficient (Wildman–Crippen LogP) is 3.95. The van der Waals surface area contributed by atoms with Gasteiger partial charge in [-0.2, -0.15) is 0 Å². The molecular weight excluding hydrogens is 340 g/mol. The fourth-order valence-corrected chi connectivity index (χ4v) is 3.18. The SMILES string of the molecule is Cc1ccc(C)c(OCC(=O)Nc2ccc(C(=O)N3CCCCC3)cc2)c1. The highest BCUT2D eigenvalue weighted by molar-refractivity contribution is 5.96. The number of aryl methyl sites for hydroxylation is 2. The second kappa shape index (κ2) is 8.71. The van der Waals surface area contributed by atoms with E-state index in [-0.39, 0.29) is 18.4 Å². The monoisotopic (exact) mass is 366 g/mol. The Morgan fingerprint density at radius 2 is 1.70 bits per heavy atom. The summed E-state index contributed by atoms with van der Waals surface area (Å²) >= 11 is 0. The van der Waals surface area contributed by atoms with Crippen molar-refractivity contribution in [3.63, 3.8) is 0 Å². The summed E-state index contributed by atoms with van der Waals surface area (Å²) in [6.07, 6.45) is 3.33. The Labute approximate surface area is 160 Å². The number of amides is 2. The number of benzene rings is 2. The fraction of sp³-hybridized carbons (Fsp3) is 0.364. The van der Waals surface area contributed by atoms with Crippen molar-refractivity contribution in [2.24, 2.45) is 0 Å². The number of ether oxygens (including phenoxy) is 1. The molecule has 5 nitrogen and oxygen atoms in total. The molecule has 2 aromatic rings. The van der Waals surface area contributed by atoms with Gasteiger partial charge in [0, 0.05) is 24.3 Å². The molecule has 2 aromatic carbocycles. The molecule has 0 unspecified atom stereocenters. The number of piperidine rings is 1. The molecular formula is C22H26N2O3. The van der Waals surface area contributed by atoms with E-state index in [2.05, 4.69) is 5.32 Å². The van der Waals surface area contributed by atoms with E-state index in [0.717, 1.165) is 37.1 Å². The third kappa shape index (κ3) is 5.09. The van der Waals surface area contributed by atoms with E-state index in [1.54, 1.807) is 24.3 Å². The first-order valence-electron chi connectivity index (χ1n) is 9.42. The lowest BCUT2D eigenvalue weighted by Crippen LogP contribution is -2.35. The molecule has 5 heteroatoms. The maximum Gasteiger partial charge on any atom is 0.262 e. The first-order valence-corrected chi connectivity index (χ1v) is 9.42. The summed E-state index contributed by atoms with van der Waals surface area (Å²) in [5.74, 6) is 0.546. The number of hydrogen-bond donors (Lipinski definition) is 1. The largest absolute Gasteiger partial charge is 0.483 e. The van der Waals surface area contributed by atoms with Gasteiger partial charge in [-0.15, -0.1) is 0 Å². The van der Waals surface area contributed by atoms with E-state index in [4.69, 9.17) is 4.74 Å². The Balaban J connectivity index is 1.53. The molecule has 2 amide bonds. The van der Waals surface area contributed by atoms with Gasteiger partial charge in [0.25, 0.3) is 11.8 Å². The smallest absolute Gasteiger partial charge is 0.262 e. The molecule has 1 aliphatic heterocycles. The van der Waals surface area contributed by atoms with Crippen LogP contribution in [0.15, 0.2) is 42.5 Å². The Morgan fingerprint density at radius 1 is 1.00 bits per heavy atom. The first kappa shape index (κ1) is 19.0. The van der Waals surface area contributed by atoms with E-state index in [1.807, 2.05) is 36.9 Å². The quantitative estimate of drug-likeness (QED) is 0.872. The van der Waals surface area contributed by atoms with Crippen molar-refractivity contribution in [1.82, 2.24) is 4.90 Å². The van der Waals surface area contributed by atoms with Crippen molar-refractivity contribution in [3.8, 4) is 5.75 Å². The zero-order valence-corrected chi connectivity index (χ0v) is 16.0. The molecule has 1 fully saturated rings. The number of hydrogen-bond acceptors (Lipinski definition) is 3. The maximum absolute atomic E-state index is 12.5. The highest BCUT2D eigenvalue weighted by Gasteiger charge is 2.18. The van der Waals surface area contributed by atoms with Gasteiger partial charge in [-0.1, -0.05) is 12.1 Å². The second-order valence-electron chi connectivity index (χ2n) is 7.04. The van der Waals surface area contributed by atoms with Crippen LogP contribution >= 0.6 is 0 Å². The molecule has 1 saturated heterocycles. The van der Waals surface area contributed by atoms with Crippen LogP contribution in [0.25, 0.3) is 0 Å². The van der Waals surface area contributed by atoms with Crippen molar-refractivity contribution in [1.29, 1.82) is 0 Å². The summed E-state index contributed by atoms with van der Waals surface area (Å²) in [7, 11) is 0. The molecule has 0 aromatic heterocycles. The third-order valence-electron chi connectivity index (χ3n) is 4.76. The lowest BCUT2D eigenvalue weighted by molar-refractivity contribution is -0.118. The van der Waals surface area contributed by atoms with Crippen LogP contribution in [0.5, 0.6) is 5.75 Å². The number of nitrogens with zero attached hydrogens (tertiary/aromatic N) is 1. The number of anilines is 1. The van der Waals surface area contributed by atoms with Crippen LogP contribution in [0.4, 0.5) is 5.69 Å². The minimum Gasteiger partial charge on any atom is -0.483 e. The molecule has 142 valence electrons. The van der Waals surface area contributed by atoms with Crippen LogP contribution in [0, 0.1) is 13.8 Å². The van der Waals surface area contributed by atoms with Gasteiger partial charge in [0.15, 0.2) is 6.61 Å². The predicted molar refractivity (Wildman–Crippen MR) is 106 cm³/mol. The standard InChI is InChI=1S/C22H26N2O3/c1-16-6-7-17(2)20(14-16)27-15-21(25)23-19-10-8-18(9-11-19)22(26)24-12-4-3-5-13-24/h6-11,14H,3-5,12-13,15H2,1-2H3,(H,23,25). The Hall–Kier alpha value is -2.82. The molecule has 1 N–H and O–H groups in total. The molecule has 1 aliphatic rings. The van der Waals surface area contributed by atoms with Gasteiger partial charge in [0.1, 0.15) is 5.75 Å². The van der Waals surface area contributed by atoms with E-state index >= 15 is 0 Å². The van der Waals surface area contributed by atoms with Crippen LogP contribution in [-0.4, -0.2) is 36.4 Å². The summed E-state index contributed by atoms with van der Waals surface area (Å²) < 4.78 is 5.62. The molecule has 1 heterocycles. The van der Waals surface area contributed by atoms with Crippen molar-refractivity contribution in [2.75, 3.05) is 25.0 Å². The molecule has 0 bridgehead atoms. The van der Waals surface area contributed by atoms with Crippen LogP contribution in [-0.2, 0) is 4.79 Å². The average molecular weight is 366 g/mol. The summed E-state index contributed by atoms with van der Waals surface area (Å²) in [5.41, 5.74) is 3.39. The Morgan fingerprint density at radius 3 is 2.41 bits per heavy atom. The molecule has 27 heavy (non-hydrogen) atoms. The minimum atomic E-state index is -0.231. The molecule has 0 atom stereocenters. The van der Waals surface area contributed by atoms with Crippen molar-refractivity contribution in [2.45, 2.75) is 33.1 Å². The molecule has 0 radical (unpaired) electrons. The molecule has 0 spiro atoms. The van der Waals surface area contributed by atoms with Crippen LogP contribution < -0.4 is 10.1 Å². The summed E-state index contributed by atoms with van der Waals surface area (Å²) in [6.45, 7) is 5.53. The number of likely N-dealkylation sites (tertiary alicyclic amines) is 1. The van der Waals surface area contributed by atoms with Crippen LogP contribution in [0.3, 0.4) is 0 Å².